The smallest absolute Gasteiger partial charge is 0.270 e. The summed E-state index contributed by atoms with van der Waals surface area (Å²) in [6.07, 6.45) is 4.33. The molecule has 2 fully saturated rings. The Labute approximate surface area is 133 Å². The number of hydrogen-bond donors (Lipinski definition) is 2. The number of carbonyl (C=O) groups excluding carboxylic acids is 2. The van der Waals surface area contributed by atoms with Crippen LogP contribution in [-0.4, -0.2) is 47.9 Å². The van der Waals surface area contributed by atoms with Gasteiger partial charge in [-0.3, -0.25) is 14.9 Å². The number of fused-ring (bicyclic) bond motifs is 3. The largest absolute Gasteiger partial charge is 0.439 e. The van der Waals surface area contributed by atoms with Crippen LogP contribution >= 0.6 is 0 Å². The third-order valence-corrected chi connectivity index (χ3v) is 4.64. The Hall–Kier alpha value is -2.41. The molecule has 2 aromatic rings. The van der Waals surface area contributed by atoms with Crippen LogP contribution in [-0.2, 0) is 4.79 Å². The Morgan fingerprint density at radius 3 is 3.13 bits per heavy atom. The third kappa shape index (κ3) is 2.79. The number of nitrogens with zero attached hydrogens (tertiary/aromatic N) is 2. The summed E-state index contributed by atoms with van der Waals surface area (Å²) in [6, 6.07) is 3.55. The van der Waals surface area contributed by atoms with Gasteiger partial charge in [-0.1, -0.05) is 0 Å². The highest BCUT2D eigenvalue weighted by molar-refractivity contribution is 5.96. The lowest BCUT2D eigenvalue weighted by atomic mass is 9.97. The molecular weight excluding hydrogens is 296 g/mol. The highest BCUT2D eigenvalue weighted by Gasteiger charge is 2.33. The Morgan fingerprint density at radius 2 is 2.30 bits per heavy atom. The van der Waals surface area contributed by atoms with Gasteiger partial charge in [0.15, 0.2) is 5.58 Å². The molecule has 2 aliphatic rings. The van der Waals surface area contributed by atoms with Crippen LogP contribution in [0.3, 0.4) is 0 Å². The molecule has 0 aliphatic carbocycles. The van der Waals surface area contributed by atoms with Crippen molar-refractivity contribution in [2.24, 2.45) is 5.92 Å². The second kappa shape index (κ2) is 5.66. The van der Waals surface area contributed by atoms with Crippen molar-refractivity contribution in [1.82, 2.24) is 15.2 Å². The van der Waals surface area contributed by atoms with Crippen molar-refractivity contribution in [3.8, 4) is 0 Å². The van der Waals surface area contributed by atoms with E-state index in [-0.39, 0.29) is 11.9 Å². The van der Waals surface area contributed by atoms with Crippen LogP contribution in [0, 0.1) is 5.92 Å². The van der Waals surface area contributed by atoms with Gasteiger partial charge in [-0.25, -0.2) is 4.98 Å². The number of anilines is 1. The van der Waals surface area contributed by atoms with Crippen LogP contribution in [0.2, 0.25) is 0 Å². The fourth-order valence-electron chi connectivity index (χ4n) is 3.62. The van der Waals surface area contributed by atoms with Gasteiger partial charge in [0, 0.05) is 30.6 Å². The molecule has 0 radical (unpaired) electrons. The van der Waals surface area contributed by atoms with Crippen molar-refractivity contribution in [2.45, 2.75) is 18.9 Å². The van der Waals surface area contributed by atoms with Crippen molar-refractivity contribution < 1.29 is 14.0 Å². The Kier molecular flexibility index (Phi) is 3.49. The first-order valence-electron chi connectivity index (χ1n) is 7.84. The normalized spacial score (nSPS) is 26.2. The van der Waals surface area contributed by atoms with Crippen LogP contribution in [0.15, 0.2) is 22.7 Å². The van der Waals surface area contributed by atoms with E-state index in [0.717, 1.165) is 31.4 Å². The lowest BCUT2D eigenvalue weighted by Gasteiger charge is -2.30. The van der Waals surface area contributed by atoms with E-state index in [1.54, 1.807) is 12.1 Å². The summed E-state index contributed by atoms with van der Waals surface area (Å²) in [6.45, 7) is 3.23. The number of pyridine rings is 1. The molecule has 0 aromatic carbocycles. The highest BCUT2D eigenvalue weighted by Crippen LogP contribution is 2.27. The predicted octanol–water partition coefficient (Wildman–Crippen LogP) is 1.22. The van der Waals surface area contributed by atoms with Crippen LogP contribution in [0.1, 0.15) is 23.3 Å². The minimum absolute atomic E-state index is 0.162. The van der Waals surface area contributed by atoms with Gasteiger partial charge in [0.25, 0.3) is 5.91 Å². The van der Waals surface area contributed by atoms with E-state index >= 15 is 0 Å². The second-order valence-corrected chi connectivity index (χ2v) is 6.30. The molecule has 1 unspecified atom stereocenters. The van der Waals surface area contributed by atoms with E-state index in [1.165, 1.54) is 12.6 Å². The molecule has 2 saturated heterocycles. The molecule has 2 aliphatic heterocycles. The van der Waals surface area contributed by atoms with Crippen molar-refractivity contribution in [3.63, 3.8) is 0 Å². The first-order chi connectivity index (χ1) is 11.2. The number of nitrogens with one attached hydrogen (secondary N) is 2. The van der Waals surface area contributed by atoms with Gasteiger partial charge in [0.1, 0.15) is 5.69 Å². The molecule has 7 heteroatoms. The molecule has 0 spiro atoms. The van der Waals surface area contributed by atoms with Crippen LogP contribution < -0.4 is 10.6 Å². The maximum Gasteiger partial charge on any atom is 0.270 e. The number of hydrogen-bond acceptors (Lipinski definition) is 5. The Morgan fingerprint density at radius 1 is 1.39 bits per heavy atom. The van der Waals surface area contributed by atoms with Gasteiger partial charge in [-0.2, -0.15) is 0 Å². The SMILES string of the molecule is O=CNc1cc2cc(C(=O)N[C@@H]3C[C@H]4CCN(C4)C3)ncc2o1. The highest BCUT2D eigenvalue weighted by atomic mass is 16.4. The predicted molar refractivity (Wildman–Crippen MR) is 84.1 cm³/mol. The zero-order valence-electron chi connectivity index (χ0n) is 12.6. The number of aromatic nitrogens is 1. The average Bonchev–Trinajstić information content (AvgIpc) is 3.09. The maximum atomic E-state index is 12.4. The molecule has 2 bridgehead atoms. The van der Waals surface area contributed by atoms with Crippen LogP contribution in [0.25, 0.3) is 11.0 Å². The van der Waals surface area contributed by atoms with Crippen molar-refractivity contribution in [1.29, 1.82) is 0 Å². The number of amides is 2. The molecule has 23 heavy (non-hydrogen) atoms. The first-order valence-corrected chi connectivity index (χ1v) is 7.84. The minimum Gasteiger partial charge on any atom is -0.439 e. The lowest BCUT2D eigenvalue weighted by Crippen LogP contribution is -2.47. The molecule has 2 N–H and O–H groups in total. The van der Waals surface area contributed by atoms with Gasteiger partial charge < -0.3 is 14.6 Å². The van der Waals surface area contributed by atoms with Crippen molar-refractivity contribution in [3.05, 3.63) is 24.0 Å². The summed E-state index contributed by atoms with van der Waals surface area (Å²) in [5.74, 6) is 0.881. The van der Waals surface area contributed by atoms with Gasteiger partial charge >= 0.3 is 0 Å². The summed E-state index contributed by atoms with van der Waals surface area (Å²) in [7, 11) is 0. The first kappa shape index (κ1) is 14.2. The minimum atomic E-state index is -0.162. The molecular formula is C16H18N4O3. The summed E-state index contributed by atoms with van der Waals surface area (Å²) >= 11 is 0. The monoisotopic (exact) mass is 314 g/mol. The lowest BCUT2D eigenvalue weighted by molar-refractivity contribution is -0.105. The van der Waals surface area contributed by atoms with Gasteiger partial charge in [-0.05, 0) is 31.4 Å². The third-order valence-electron chi connectivity index (χ3n) is 4.64. The summed E-state index contributed by atoms with van der Waals surface area (Å²) in [4.78, 5) is 29.4. The molecule has 4 heterocycles. The molecule has 120 valence electrons. The zero-order chi connectivity index (χ0) is 15.8. The van der Waals surface area contributed by atoms with E-state index in [1.807, 2.05) is 0 Å². The van der Waals surface area contributed by atoms with E-state index in [4.69, 9.17) is 4.42 Å². The Balaban J connectivity index is 1.49. The molecule has 3 atom stereocenters. The second-order valence-electron chi connectivity index (χ2n) is 6.30. The number of furan rings is 1. The topological polar surface area (TPSA) is 87.5 Å². The maximum absolute atomic E-state index is 12.4. The fourth-order valence-corrected chi connectivity index (χ4v) is 3.62. The quantitative estimate of drug-likeness (QED) is 0.829. The molecule has 2 amide bonds. The van der Waals surface area contributed by atoms with Crippen molar-refractivity contribution >= 4 is 29.2 Å². The fraction of sp³-hybridized carbons (Fsp3) is 0.438. The molecule has 4 rings (SSSR count). The number of rotatable bonds is 4. The molecule has 7 nitrogen and oxygen atoms in total. The van der Waals surface area contributed by atoms with E-state index in [9.17, 15) is 9.59 Å². The van der Waals surface area contributed by atoms with Crippen molar-refractivity contribution in [2.75, 3.05) is 25.0 Å². The average molecular weight is 314 g/mol. The van der Waals surface area contributed by atoms with E-state index in [0.29, 0.717) is 29.5 Å². The van der Waals surface area contributed by atoms with E-state index in [2.05, 4.69) is 20.5 Å². The van der Waals surface area contributed by atoms with Gasteiger partial charge in [0.2, 0.25) is 12.3 Å². The number of carbonyl (C=O) groups is 2. The van der Waals surface area contributed by atoms with Crippen LogP contribution in [0.5, 0.6) is 0 Å². The molecule has 2 aromatic heterocycles. The van der Waals surface area contributed by atoms with Gasteiger partial charge in [0.05, 0.1) is 6.20 Å². The summed E-state index contributed by atoms with van der Waals surface area (Å²) in [5, 5.41) is 6.27. The Bertz CT molecular complexity index is 745. The van der Waals surface area contributed by atoms with E-state index < -0.39 is 0 Å². The zero-order valence-corrected chi connectivity index (χ0v) is 12.6. The summed E-state index contributed by atoms with van der Waals surface area (Å²) < 4.78 is 5.39. The standard InChI is InChI=1S/C16H18N4O3/c21-9-18-15-5-11-4-13(17-6-14(11)23-15)16(22)19-12-3-10-1-2-20(7-10)8-12/h4-6,9-10,12H,1-3,7-8H2,(H,18,21)(H,19,22)/t10-,12-/m1/s1. The summed E-state index contributed by atoms with van der Waals surface area (Å²) in [5.41, 5.74) is 0.900. The number of piperidine rings is 1. The molecule has 0 saturated carbocycles. The van der Waals surface area contributed by atoms with Crippen LogP contribution in [0.4, 0.5) is 5.88 Å². The van der Waals surface area contributed by atoms with Gasteiger partial charge in [-0.15, -0.1) is 0 Å².